The predicted octanol–water partition coefficient (Wildman–Crippen LogP) is 27.9. The Morgan fingerprint density at radius 1 is 0.174 bits per heavy atom. The van der Waals surface area contributed by atoms with E-state index in [0.717, 1.165) is 0 Å². The summed E-state index contributed by atoms with van der Waals surface area (Å²) in [6, 6.07) is 130. The van der Waals surface area contributed by atoms with Crippen LogP contribution in [0.5, 0.6) is 0 Å². The molecular formula is C102H62N6S. The monoisotopic (exact) mass is 1400 g/mol. The first-order valence-corrected chi connectivity index (χ1v) is 38.3. The molecule has 0 N–H and O–H groups in total. The van der Waals surface area contributed by atoms with Gasteiger partial charge in [-0.05, 0) is 95.7 Å². The lowest BCUT2D eigenvalue weighted by molar-refractivity contribution is 1.17. The zero-order chi connectivity index (χ0) is 71.1. The molecule has 0 aliphatic rings. The summed E-state index contributed by atoms with van der Waals surface area (Å²) in [5, 5.41) is 29.8. The molecule has 7 heteroatoms. The van der Waals surface area contributed by atoms with Crippen LogP contribution in [-0.2, 0) is 0 Å². The van der Waals surface area contributed by atoms with Gasteiger partial charge in [0.1, 0.15) is 0 Å². The molecule has 0 saturated heterocycles. The molecule has 0 spiro atoms. The molecule has 0 radical (unpaired) electrons. The van der Waals surface area contributed by atoms with Crippen molar-refractivity contribution in [2.75, 3.05) is 0 Å². The number of rotatable bonds is 3. The highest BCUT2D eigenvalue weighted by Gasteiger charge is 2.25. The number of pyridine rings is 3. The number of para-hydroxylation sites is 6. The molecule has 0 amide bonds. The van der Waals surface area contributed by atoms with E-state index in [-0.39, 0.29) is 0 Å². The maximum atomic E-state index is 2.44. The van der Waals surface area contributed by atoms with Gasteiger partial charge in [0.2, 0.25) is 0 Å². The Hall–Kier alpha value is -14.2. The Balaban J connectivity index is 0.0000000966. The summed E-state index contributed by atoms with van der Waals surface area (Å²) in [6.45, 7) is 0. The highest BCUT2D eigenvalue weighted by atomic mass is 32.1. The Labute approximate surface area is 627 Å². The fourth-order valence-corrected chi connectivity index (χ4v) is 20.2. The van der Waals surface area contributed by atoms with E-state index in [1.165, 1.54) is 217 Å². The first-order valence-electron chi connectivity index (χ1n) is 37.5. The third-order valence-electron chi connectivity index (χ3n) is 23.4. The molecule has 0 aliphatic carbocycles. The van der Waals surface area contributed by atoms with Crippen molar-refractivity contribution in [3.05, 3.63) is 377 Å². The summed E-state index contributed by atoms with van der Waals surface area (Å²) in [4.78, 5) is 0. The van der Waals surface area contributed by atoms with Crippen LogP contribution in [0, 0.1) is 0 Å². The Morgan fingerprint density at radius 3 is 1.16 bits per heavy atom. The lowest BCUT2D eigenvalue weighted by Crippen LogP contribution is -1.97. The van der Waals surface area contributed by atoms with Gasteiger partial charge in [0, 0.05) is 158 Å². The summed E-state index contributed by atoms with van der Waals surface area (Å²) < 4.78 is 17.2. The Bertz CT molecular complexity index is 8350. The van der Waals surface area contributed by atoms with Crippen molar-refractivity contribution < 1.29 is 0 Å². The first kappa shape index (κ1) is 60.1. The van der Waals surface area contributed by atoms with Gasteiger partial charge in [0.25, 0.3) is 0 Å². The Morgan fingerprint density at radius 2 is 0.550 bits per heavy atom. The molecule has 0 saturated carbocycles. The van der Waals surface area contributed by atoms with Gasteiger partial charge < -0.3 is 26.9 Å². The molecule has 0 atom stereocenters. The molecule has 0 unspecified atom stereocenters. The normalized spacial score (nSPS) is 12.2. The van der Waals surface area contributed by atoms with Crippen LogP contribution in [0.1, 0.15) is 0 Å². The van der Waals surface area contributed by atoms with Gasteiger partial charge in [0.05, 0.1) is 66.2 Å². The molecule has 0 aliphatic heterocycles. The van der Waals surface area contributed by atoms with Crippen LogP contribution in [0.3, 0.4) is 0 Å². The van der Waals surface area contributed by atoms with Crippen molar-refractivity contribution in [3.63, 3.8) is 0 Å². The second-order valence-electron chi connectivity index (χ2n) is 29.0. The molecule has 10 heterocycles. The highest BCUT2D eigenvalue weighted by Crippen LogP contribution is 2.49. The highest BCUT2D eigenvalue weighted by molar-refractivity contribution is 7.26. The van der Waals surface area contributed by atoms with Crippen LogP contribution >= 0.6 is 11.3 Å². The van der Waals surface area contributed by atoms with Gasteiger partial charge in [0.15, 0.2) is 0 Å². The van der Waals surface area contributed by atoms with Gasteiger partial charge in [-0.25, -0.2) is 0 Å². The topological polar surface area (TPSA) is 28.0 Å². The summed E-state index contributed by atoms with van der Waals surface area (Å²) in [5.41, 5.74) is 18.5. The van der Waals surface area contributed by atoms with Gasteiger partial charge in [-0.1, -0.05) is 273 Å². The minimum atomic E-state index is 1.18. The van der Waals surface area contributed by atoms with E-state index < -0.39 is 0 Å². The van der Waals surface area contributed by atoms with E-state index >= 15 is 0 Å². The zero-order valence-electron chi connectivity index (χ0n) is 58.9. The molecule has 6 nitrogen and oxygen atoms in total. The lowest BCUT2D eigenvalue weighted by atomic mass is 9.97. The second-order valence-corrected chi connectivity index (χ2v) is 30.1. The average Bonchev–Trinajstić information content (AvgIpc) is 1.54. The number of thiophene rings is 1. The smallest absolute Gasteiger partial charge is 0.0788 e. The van der Waals surface area contributed by atoms with Gasteiger partial charge in [-0.3, -0.25) is 0 Å². The SMILES string of the molecule is c1ccc(-n2c3ccccc3c3c4c(ccc32)c2c3ccccc3cn2c2ccc3c5ccccc5sc3c42)cc1.c1ccc(-n2c3ccccc3c3cc4c5ccccc5c5c6ccccc6cn5c4cc32)cc1.c1ccc(-n2c3ccccc3c3ccc4c5ccccc5c5c6ccccc6cn5c4c32)cc1. The van der Waals surface area contributed by atoms with E-state index in [2.05, 4.69) is 403 Å². The third-order valence-corrected chi connectivity index (χ3v) is 24.6. The second kappa shape index (κ2) is 23.1. The minimum absolute atomic E-state index is 1.18. The van der Waals surface area contributed by atoms with Crippen LogP contribution < -0.4 is 0 Å². The summed E-state index contributed by atoms with van der Waals surface area (Å²) in [7, 11) is 0. The van der Waals surface area contributed by atoms with Crippen molar-refractivity contribution in [3.8, 4) is 17.1 Å². The lowest BCUT2D eigenvalue weighted by Gasteiger charge is -2.14. The van der Waals surface area contributed by atoms with Crippen LogP contribution in [0.15, 0.2) is 377 Å². The van der Waals surface area contributed by atoms with Crippen LogP contribution in [-0.4, -0.2) is 26.9 Å². The van der Waals surface area contributed by atoms with Crippen molar-refractivity contribution in [1.82, 2.24) is 26.9 Å². The van der Waals surface area contributed by atoms with E-state index in [9.17, 15) is 0 Å². The number of nitrogens with zero attached hydrogens (tertiary/aromatic N) is 6. The molecule has 109 heavy (non-hydrogen) atoms. The summed E-state index contributed by atoms with van der Waals surface area (Å²) >= 11 is 1.92. The van der Waals surface area contributed by atoms with Crippen molar-refractivity contribution in [2.24, 2.45) is 0 Å². The van der Waals surface area contributed by atoms with Gasteiger partial charge in [-0.15, -0.1) is 11.3 Å². The van der Waals surface area contributed by atoms with E-state index in [1.807, 2.05) is 11.3 Å². The number of hydrogen-bond acceptors (Lipinski definition) is 1. The maximum Gasteiger partial charge on any atom is 0.0788 e. The van der Waals surface area contributed by atoms with Gasteiger partial charge in [-0.2, -0.15) is 0 Å². The fraction of sp³-hybridized carbons (Fsp3) is 0. The third kappa shape index (κ3) is 8.56. The Kier molecular flexibility index (Phi) is 12.7. The van der Waals surface area contributed by atoms with Crippen LogP contribution in [0.2, 0.25) is 0 Å². The molecule has 26 aromatic rings. The summed E-state index contributed by atoms with van der Waals surface area (Å²) in [6.07, 6.45) is 6.93. The number of aromatic nitrogens is 6. The van der Waals surface area contributed by atoms with Crippen molar-refractivity contribution in [2.45, 2.75) is 0 Å². The number of fused-ring (bicyclic) bond motifs is 39. The standard InChI is InChI=1S/C38H22N2S.2C32H20N2/c1-2-11-24(12-3-1)40-30-16-8-6-15-28(30)34-32(40)21-19-29-35(34)36-31(39-22-23-10-4-5-13-25(23)37(29)39)20-18-27-26-14-7-9-17-33(26)41-38(27)36;1-2-11-22(12-3-1)34-29-17-9-8-15-25(29)28-18-27-24-14-6-7-16-26(24)32-23-13-5-4-10-21(23)20-33(32)30(27)19-31(28)34;1-2-11-22(12-3-1)34-29-17-9-8-15-25(29)28-19-18-27-24-14-6-7-16-26(24)30-23-13-5-4-10-21(23)20-33(30)31(27)32(28)34/h1-22H;2*1-20H. The molecular weight excluding hydrogens is 1340 g/mol. The minimum Gasteiger partial charge on any atom is -0.315 e. The molecule has 10 aromatic heterocycles. The number of benzene rings is 16. The molecule has 26 rings (SSSR count). The van der Waals surface area contributed by atoms with Crippen LogP contribution in [0.25, 0.3) is 217 Å². The van der Waals surface area contributed by atoms with E-state index in [1.54, 1.807) is 0 Å². The van der Waals surface area contributed by atoms with Gasteiger partial charge >= 0.3 is 0 Å². The fourth-order valence-electron chi connectivity index (χ4n) is 18.9. The predicted molar refractivity (Wildman–Crippen MR) is 466 cm³/mol. The van der Waals surface area contributed by atoms with Crippen molar-refractivity contribution >= 4 is 211 Å². The largest absolute Gasteiger partial charge is 0.315 e. The van der Waals surface area contributed by atoms with E-state index in [4.69, 9.17) is 0 Å². The average molecular weight is 1400 g/mol. The summed E-state index contributed by atoms with van der Waals surface area (Å²) in [5.74, 6) is 0. The molecule has 16 aromatic carbocycles. The molecule has 0 bridgehead atoms. The number of hydrogen-bond donors (Lipinski definition) is 0. The van der Waals surface area contributed by atoms with Crippen LogP contribution in [0.4, 0.5) is 0 Å². The van der Waals surface area contributed by atoms with E-state index in [0.29, 0.717) is 0 Å². The quantitative estimate of drug-likeness (QED) is 0.158. The first-order chi connectivity index (χ1) is 54.1. The molecule has 506 valence electrons. The maximum absolute atomic E-state index is 2.44. The zero-order valence-corrected chi connectivity index (χ0v) is 59.7. The molecule has 0 fully saturated rings. The van der Waals surface area contributed by atoms with Crippen molar-refractivity contribution in [1.29, 1.82) is 0 Å².